The lowest BCUT2D eigenvalue weighted by molar-refractivity contribution is -0.438. The fraction of sp³-hybridized carbons (Fsp3) is 0.479. The number of carbonyl (C=O) groups excluding carboxylic acids is 1. The van der Waals surface area contributed by atoms with Crippen molar-refractivity contribution in [1.29, 1.82) is 0 Å². The number of phosphoric acid groups is 2. The number of anilines is 2. The summed E-state index contributed by atoms with van der Waals surface area (Å²) in [5.41, 5.74) is 8.02. The van der Waals surface area contributed by atoms with Gasteiger partial charge in [0.15, 0.2) is 23.1 Å². The number of aliphatic hydroxyl groups is 2. The fourth-order valence-electron chi connectivity index (χ4n) is 10.00. The Morgan fingerprint density at radius 2 is 1.52 bits per heavy atom. The van der Waals surface area contributed by atoms with Gasteiger partial charge in [0.05, 0.1) is 28.1 Å². The van der Waals surface area contributed by atoms with Gasteiger partial charge in [-0.25, -0.2) is 23.8 Å². The zero-order valence-corrected chi connectivity index (χ0v) is 49.4. The number of hydrogen-bond acceptors (Lipinski definition) is 19. The number of aliphatic hydroxyl groups excluding tert-OH is 2. The van der Waals surface area contributed by atoms with E-state index in [1.165, 1.54) is 24.3 Å². The molecule has 0 bridgehead atoms. The molecule has 0 spiro atoms. The number of nitrogens with two attached hydrogens (primary N) is 1. The third kappa shape index (κ3) is 15.0. The quantitative estimate of drug-likeness (QED) is 0.0129. The molecule has 1 amide bonds. The van der Waals surface area contributed by atoms with Crippen molar-refractivity contribution in [1.82, 2.24) is 29.9 Å². The molecule has 7 atom stereocenters. The maximum atomic E-state index is 12.8. The molecule has 1 fully saturated rings. The number of rotatable bonds is 27. The summed E-state index contributed by atoms with van der Waals surface area (Å²) in [6.07, 6.45) is 7.08. The number of aromatic amines is 1. The number of hydrogen-bond donors (Lipinski definition) is 11. The number of aromatic nitrogens is 4. The minimum Gasteiger partial charge on any atom is -0.387 e. The highest BCUT2D eigenvalue weighted by atomic mass is 32.2. The number of carbonyl (C=O) groups is 1. The van der Waals surface area contributed by atoms with Gasteiger partial charge in [0, 0.05) is 67.0 Å². The molecule has 2 aromatic carbocycles. The first-order valence-electron chi connectivity index (χ1n) is 25.7. The molecule has 3 aliphatic rings. The zero-order valence-electron chi connectivity index (χ0n) is 45.1. The fourth-order valence-corrected chi connectivity index (χ4v) is 14.8. The van der Waals surface area contributed by atoms with Gasteiger partial charge in [-0.15, -0.1) is 0 Å². The van der Waals surface area contributed by atoms with E-state index in [0.717, 1.165) is 39.2 Å². The van der Waals surface area contributed by atoms with Crippen LogP contribution in [-0.4, -0.2) is 138 Å². The van der Waals surface area contributed by atoms with E-state index >= 15 is 0 Å². The number of H-pyrrole nitrogens is 1. The van der Waals surface area contributed by atoms with Gasteiger partial charge in [0.2, 0.25) is 17.5 Å². The van der Waals surface area contributed by atoms with E-state index in [4.69, 9.17) is 10.5 Å². The predicted octanol–water partition coefficient (Wildman–Crippen LogP) is 4.49. The van der Waals surface area contributed by atoms with Crippen LogP contribution >= 0.6 is 23.4 Å². The highest BCUT2D eigenvalue weighted by Gasteiger charge is 2.48. The summed E-state index contributed by atoms with van der Waals surface area (Å²) in [7, 11) is -25.4. The Bertz CT molecular complexity index is 3660. The normalized spacial score (nSPS) is 22.5. The van der Waals surface area contributed by atoms with Gasteiger partial charge in [-0.2, -0.15) is 35.0 Å². The van der Waals surface area contributed by atoms with Gasteiger partial charge in [-0.1, -0.05) is 44.9 Å². The highest BCUT2D eigenvalue weighted by Crippen LogP contribution is 2.66. The van der Waals surface area contributed by atoms with Crippen LogP contribution in [0.3, 0.4) is 0 Å². The van der Waals surface area contributed by atoms with Gasteiger partial charge in [0.25, 0.3) is 25.8 Å². The SMILES string of the molecule is CCN1/C(=C/C=C/C=C/C2=[N+](CCCCC(=O)NCCCCCCNP(=O)(O)OP(=O)(O)OP(=O)(O)OC[C@H]3O[C@@H](n4cnc5c(=O)[nH]c(N)nc54)[C@H](O)[C@@H]3O)c3ccc(S(=O)(=O)O)cc3C2(C)C)C(C)(C)c2cc(S(=O)(=O)O)ccc21. The van der Waals surface area contributed by atoms with E-state index in [9.17, 15) is 74.1 Å². The van der Waals surface area contributed by atoms with Crippen molar-refractivity contribution in [2.75, 3.05) is 43.4 Å². The first-order valence-corrected chi connectivity index (χ1v) is 33.2. The summed E-state index contributed by atoms with van der Waals surface area (Å²) in [6.45, 7) is 9.98. The summed E-state index contributed by atoms with van der Waals surface area (Å²) in [5.74, 6) is -0.482. The number of imidazole rings is 1. The Morgan fingerprint density at radius 1 is 0.866 bits per heavy atom. The second-order valence-electron chi connectivity index (χ2n) is 20.5. The maximum absolute atomic E-state index is 12.8. The second-order valence-corrected chi connectivity index (χ2v) is 28.1. The van der Waals surface area contributed by atoms with Crippen LogP contribution in [-0.2, 0) is 67.4 Å². The summed E-state index contributed by atoms with van der Waals surface area (Å²) in [4.78, 5) is 66.9. The first-order chi connectivity index (χ1) is 38.2. The first kappa shape index (κ1) is 64.4. The molecule has 4 aromatic rings. The lowest BCUT2D eigenvalue weighted by Crippen LogP contribution is -2.33. The molecule has 2 aromatic heterocycles. The van der Waals surface area contributed by atoms with Crippen LogP contribution in [0.1, 0.15) is 96.9 Å². The van der Waals surface area contributed by atoms with Crippen molar-refractivity contribution in [3.8, 4) is 0 Å². The van der Waals surface area contributed by atoms with E-state index in [1.54, 1.807) is 12.1 Å². The van der Waals surface area contributed by atoms with Crippen LogP contribution in [0.15, 0.2) is 93.4 Å². The Balaban J connectivity index is 0.831. The van der Waals surface area contributed by atoms with Crippen molar-refractivity contribution in [3.05, 3.63) is 100 Å². The molecule has 0 radical (unpaired) electrons. The van der Waals surface area contributed by atoms with Gasteiger partial charge < -0.3 is 45.6 Å². The Morgan fingerprint density at radius 3 is 2.20 bits per heavy atom. The van der Waals surface area contributed by atoms with Crippen molar-refractivity contribution in [2.24, 2.45) is 0 Å². The number of phosphoric ester groups is 1. The number of nitrogen functional groups attached to an aromatic ring is 1. The Labute approximate surface area is 471 Å². The summed E-state index contributed by atoms with van der Waals surface area (Å²) >= 11 is 0. The van der Waals surface area contributed by atoms with Crippen molar-refractivity contribution in [2.45, 2.75) is 125 Å². The number of fused-ring (bicyclic) bond motifs is 3. The maximum Gasteiger partial charge on any atom is 0.489 e. The largest absolute Gasteiger partial charge is 0.489 e. The summed E-state index contributed by atoms with van der Waals surface area (Å²) < 4.78 is 127. The van der Waals surface area contributed by atoms with E-state index in [-0.39, 0.29) is 52.2 Å². The van der Waals surface area contributed by atoms with Crippen LogP contribution in [0.4, 0.5) is 17.3 Å². The highest BCUT2D eigenvalue weighted by molar-refractivity contribution is 7.86. The molecule has 34 heteroatoms. The molecule has 7 rings (SSSR count). The number of benzene rings is 2. The lowest BCUT2D eigenvalue weighted by atomic mass is 9.81. The number of nitrogens with zero attached hydrogens (tertiary/aromatic N) is 5. The van der Waals surface area contributed by atoms with E-state index in [0.29, 0.717) is 57.3 Å². The zero-order chi connectivity index (χ0) is 60.4. The number of likely N-dealkylation sites (N-methyl/N-ethyl adjacent to an activating group) is 1. The third-order valence-electron chi connectivity index (χ3n) is 14.0. The molecule has 450 valence electrons. The van der Waals surface area contributed by atoms with Crippen molar-refractivity contribution in [3.63, 3.8) is 0 Å². The smallest absolute Gasteiger partial charge is 0.387 e. The van der Waals surface area contributed by atoms with Gasteiger partial charge in [0.1, 0.15) is 24.9 Å². The van der Waals surface area contributed by atoms with E-state index < -0.39 is 91.2 Å². The Kier molecular flexibility index (Phi) is 19.8. The second kappa shape index (κ2) is 25.2. The standard InChI is InChI=1S/C48H66N9O20P3S2/c1-6-55-34-21-19-30(81(68,69)70)26-32(34)47(2,3)37(55)16-10-9-11-17-38-48(4,5)33-27-31(82(71,72)73)20-22-35(33)56(38)25-15-12-18-39(58)50-23-13-7-8-14-24-52-78(62,63)76-80(66,67)77-79(64,65)74-28-36-41(59)42(60)45(75-36)57-29-51-40-43(57)53-46(49)54-44(40)61/h9-11,16-17,19-22,26-27,29,36,41-42,45,59-60H,6-8,12-15,18,23-25,28H2,1-5H3,(H9-,49,50,52,53,54,58,61,62,63,64,65,66,67,68,69,70,71,72,73)/p+1/t36-,41-,42-,45-/m1/s1. The molecule has 12 N–H and O–H groups in total. The molecular formula is C48H67N9O20P3S2+. The number of allylic oxidation sites excluding steroid dienone is 6. The predicted molar refractivity (Wildman–Crippen MR) is 297 cm³/mol. The van der Waals surface area contributed by atoms with Crippen LogP contribution in [0, 0.1) is 0 Å². The topological polar surface area (TPSA) is 435 Å². The molecule has 29 nitrogen and oxygen atoms in total. The van der Waals surface area contributed by atoms with E-state index in [1.807, 2.05) is 70.1 Å². The van der Waals surface area contributed by atoms with Crippen LogP contribution in [0.5, 0.6) is 0 Å². The number of amides is 1. The monoisotopic (exact) mass is 1250 g/mol. The third-order valence-corrected chi connectivity index (χ3v) is 20.2. The number of unbranched alkanes of at least 4 members (excludes halogenated alkanes) is 4. The molecule has 82 heavy (non-hydrogen) atoms. The van der Waals surface area contributed by atoms with Crippen LogP contribution in [0.25, 0.3) is 11.2 Å². The molecule has 1 saturated heterocycles. The average Bonchev–Trinajstić information content (AvgIpc) is 4.11. The molecule has 5 heterocycles. The molecule has 0 aliphatic carbocycles. The average molecular weight is 1250 g/mol. The summed E-state index contributed by atoms with van der Waals surface area (Å²) in [5, 5.41) is 26.0. The van der Waals surface area contributed by atoms with Crippen LogP contribution in [0.2, 0.25) is 0 Å². The Hall–Kier alpha value is -5.14. The molecular weight excluding hydrogens is 1180 g/mol. The summed E-state index contributed by atoms with van der Waals surface area (Å²) in [6, 6.07) is 9.00. The molecule has 0 saturated carbocycles. The number of nitrogens with one attached hydrogen (secondary N) is 3. The van der Waals surface area contributed by atoms with E-state index in [2.05, 4.69) is 42.9 Å². The minimum atomic E-state index is -5.79. The molecule has 3 aliphatic heterocycles. The van der Waals surface area contributed by atoms with Crippen molar-refractivity contribution < 1.29 is 91.8 Å². The number of ether oxygens (including phenoxy) is 1. The minimum absolute atomic E-state index is 0.131. The van der Waals surface area contributed by atoms with Gasteiger partial charge in [-0.3, -0.25) is 32.8 Å². The van der Waals surface area contributed by atoms with Crippen LogP contribution < -0.4 is 26.6 Å². The van der Waals surface area contributed by atoms with Gasteiger partial charge in [-0.05, 0) is 82.0 Å². The molecule has 3 unspecified atom stereocenters. The van der Waals surface area contributed by atoms with Crippen molar-refractivity contribution >= 4 is 83.7 Å². The lowest BCUT2D eigenvalue weighted by Gasteiger charge is -2.25. The van der Waals surface area contributed by atoms with Gasteiger partial charge >= 0.3 is 23.4 Å².